The predicted molar refractivity (Wildman–Crippen MR) is 81.4 cm³/mol. The largest absolute Gasteiger partial charge is 0.465 e. The number of hydrogen-bond donors (Lipinski definition) is 1. The van der Waals surface area contributed by atoms with Crippen LogP contribution in [0.5, 0.6) is 0 Å². The van der Waals surface area contributed by atoms with E-state index in [2.05, 4.69) is 4.98 Å². The third-order valence-electron chi connectivity index (χ3n) is 3.30. The van der Waals surface area contributed by atoms with E-state index in [1.54, 1.807) is 19.9 Å². The lowest BCUT2D eigenvalue weighted by molar-refractivity contribution is 0.0599. The number of aromatic amines is 1. The lowest BCUT2D eigenvalue weighted by Gasteiger charge is -1.99. The van der Waals surface area contributed by atoms with Crippen molar-refractivity contribution < 1.29 is 14.3 Å². The van der Waals surface area contributed by atoms with E-state index < -0.39 is 5.97 Å². The number of carbonyl (C=O) groups is 2. The Morgan fingerprint density at radius 2 is 1.81 bits per heavy atom. The number of H-pyrrole nitrogens is 1. The minimum absolute atomic E-state index is 0.172. The van der Waals surface area contributed by atoms with Crippen molar-refractivity contribution in [1.82, 2.24) is 4.98 Å². The van der Waals surface area contributed by atoms with Crippen molar-refractivity contribution >= 4 is 17.8 Å². The molecule has 1 aromatic heterocycles. The maximum atomic E-state index is 12.2. The fraction of sp³-hybridized carbons (Fsp3) is 0.176. The fourth-order valence-corrected chi connectivity index (χ4v) is 2.22. The lowest BCUT2D eigenvalue weighted by atomic mass is 10.1. The van der Waals surface area contributed by atoms with Gasteiger partial charge in [0.1, 0.15) is 0 Å². The number of carbonyl (C=O) groups excluding carboxylic acids is 2. The maximum absolute atomic E-state index is 12.2. The summed E-state index contributed by atoms with van der Waals surface area (Å²) >= 11 is 0. The van der Waals surface area contributed by atoms with Crippen LogP contribution in [0.15, 0.2) is 36.4 Å². The molecular formula is C17H17NO3. The first-order chi connectivity index (χ1) is 10.0. The molecule has 0 atom stereocenters. The van der Waals surface area contributed by atoms with Gasteiger partial charge in [0.2, 0.25) is 5.78 Å². The Bertz CT molecular complexity index is 696. The summed E-state index contributed by atoms with van der Waals surface area (Å²) in [5.41, 5.74) is 3.03. The second kappa shape index (κ2) is 6.22. The third-order valence-corrected chi connectivity index (χ3v) is 3.30. The van der Waals surface area contributed by atoms with Gasteiger partial charge in [0.05, 0.1) is 18.4 Å². The van der Waals surface area contributed by atoms with Crippen LogP contribution in [0.2, 0.25) is 0 Å². The minimum Gasteiger partial charge on any atom is -0.465 e. The van der Waals surface area contributed by atoms with Crippen LogP contribution in [0.4, 0.5) is 0 Å². The molecule has 0 aliphatic carbocycles. The average molecular weight is 283 g/mol. The van der Waals surface area contributed by atoms with Gasteiger partial charge in [-0.15, -0.1) is 0 Å². The van der Waals surface area contributed by atoms with E-state index in [0.717, 1.165) is 5.56 Å². The molecule has 21 heavy (non-hydrogen) atoms. The number of benzene rings is 1. The summed E-state index contributed by atoms with van der Waals surface area (Å²) in [6.45, 7) is 3.48. The molecule has 0 fully saturated rings. The molecule has 0 saturated heterocycles. The van der Waals surface area contributed by atoms with Crippen LogP contribution in [0.1, 0.15) is 37.7 Å². The van der Waals surface area contributed by atoms with Gasteiger partial charge >= 0.3 is 5.97 Å². The molecule has 1 heterocycles. The Morgan fingerprint density at radius 1 is 1.14 bits per heavy atom. The van der Waals surface area contributed by atoms with Crippen molar-refractivity contribution in [3.63, 3.8) is 0 Å². The topological polar surface area (TPSA) is 59.2 Å². The van der Waals surface area contributed by atoms with Crippen molar-refractivity contribution in [2.75, 3.05) is 7.11 Å². The molecular weight excluding hydrogens is 266 g/mol. The Labute approximate surface area is 123 Å². The summed E-state index contributed by atoms with van der Waals surface area (Å²) in [5.74, 6) is -0.609. The van der Waals surface area contributed by atoms with Crippen LogP contribution in [0.3, 0.4) is 0 Å². The second-order valence-electron chi connectivity index (χ2n) is 4.72. The zero-order chi connectivity index (χ0) is 15.4. The highest BCUT2D eigenvalue weighted by molar-refractivity contribution is 6.08. The summed E-state index contributed by atoms with van der Waals surface area (Å²) in [6.07, 6.45) is 3.24. The van der Waals surface area contributed by atoms with Gasteiger partial charge in [0, 0.05) is 5.69 Å². The molecule has 0 aliphatic rings. The molecule has 0 spiro atoms. The zero-order valence-electron chi connectivity index (χ0n) is 12.3. The molecule has 0 bridgehead atoms. The third kappa shape index (κ3) is 3.11. The van der Waals surface area contributed by atoms with E-state index in [9.17, 15) is 9.59 Å². The summed E-state index contributed by atoms with van der Waals surface area (Å²) in [7, 11) is 1.32. The molecule has 108 valence electrons. The van der Waals surface area contributed by atoms with Gasteiger partial charge < -0.3 is 9.72 Å². The number of aryl methyl sites for hydroxylation is 1. The molecule has 4 heteroatoms. The van der Waals surface area contributed by atoms with Crippen LogP contribution < -0.4 is 0 Å². The minimum atomic E-state index is -0.438. The molecule has 0 radical (unpaired) electrons. The number of esters is 1. The normalized spacial score (nSPS) is 10.8. The smallest absolute Gasteiger partial charge is 0.339 e. The molecule has 0 amide bonds. The number of methoxy groups -OCH3 is 1. The van der Waals surface area contributed by atoms with Gasteiger partial charge in [-0.05, 0) is 31.1 Å². The molecule has 0 aliphatic heterocycles. The maximum Gasteiger partial charge on any atom is 0.339 e. The standard InChI is InChI=1S/C17H17NO3/c1-11-15(17(20)21-3)12(2)18-16(11)14(19)10-9-13-7-5-4-6-8-13/h4-10,18H,1-3H3/b10-9+. The van der Waals surface area contributed by atoms with E-state index in [1.165, 1.54) is 13.2 Å². The molecule has 2 rings (SSSR count). The van der Waals surface area contributed by atoms with Crippen LogP contribution in [0, 0.1) is 13.8 Å². The Hall–Kier alpha value is -2.62. The molecule has 0 saturated carbocycles. The number of allylic oxidation sites excluding steroid dienone is 1. The van der Waals surface area contributed by atoms with Crippen LogP contribution >= 0.6 is 0 Å². The highest BCUT2D eigenvalue weighted by Gasteiger charge is 2.21. The molecule has 0 unspecified atom stereocenters. The Balaban J connectivity index is 2.29. The van der Waals surface area contributed by atoms with E-state index in [1.807, 2.05) is 30.3 Å². The number of ether oxygens (including phenoxy) is 1. The number of ketones is 1. The summed E-state index contributed by atoms with van der Waals surface area (Å²) in [6, 6.07) is 9.56. The van der Waals surface area contributed by atoms with Gasteiger partial charge in [-0.2, -0.15) is 0 Å². The van der Waals surface area contributed by atoms with Crippen LogP contribution in [-0.2, 0) is 4.74 Å². The quantitative estimate of drug-likeness (QED) is 0.532. The predicted octanol–water partition coefficient (Wildman–Crippen LogP) is 3.31. The molecule has 2 aromatic rings. The summed E-state index contributed by atoms with van der Waals surface area (Å²) in [5, 5.41) is 0. The fourth-order valence-electron chi connectivity index (χ4n) is 2.22. The van der Waals surface area contributed by atoms with Gasteiger partial charge in [-0.3, -0.25) is 4.79 Å². The number of hydrogen-bond acceptors (Lipinski definition) is 3. The van der Waals surface area contributed by atoms with Crippen molar-refractivity contribution in [2.24, 2.45) is 0 Å². The van der Waals surface area contributed by atoms with E-state index in [-0.39, 0.29) is 5.78 Å². The van der Waals surface area contributed by atoms with Gasteiger partial charge in [0.25, 0.3) is 0 Å². The average Bonchev–Trinajstić information content (AvgIpc) is 2.80. The van der Waals surface area contributed by atoms with Gasteiger partial charge in [-0.1, -0.05) is 36.4 Å². The van der Waals surface area contributed by atoms with E-state index in [4.69, 9.17) is 4.74 Å². The highest BCUT2D eigenvalue weighted by atomic mass is 16.5. The van der Waals surface area contributed by atoms with E-state index in [0.29, 0.717) is 22.5 Å². The van der Waals surface area contributed by atoms with Crippen molar-refractivity contribution in [1.29, 1.82) is 0 Å². The van der Waals surface area contributed by atoms with E-state index >= 15 is 0 Å². The van der Waals surface area contributed by atoms with Gasteiger partial charge in [0.15, 0.2) is 0 Å². The van der Waals surface area contributed by atoms with Crippen molar-refractivity contribution in [3.05, 3.63) is 64.5 Å². The number of rotatable bonds is 4. The molecule has 1 aromatic carbocycles. The number of aromatic nitrogens is 1. The van der Waals surface area contributed by atoms with Gasteiger partial charge in [-0.25, -0.2) is 4.79 Å². The summed E-state index contributed by atoms with van der Waals surface area (Å²) < 4.78 is 4.73. The monoisotopic (exact) mass is 283 g/mol. The van der Waals surface area contributed by atoms with Crippen LogP contribution in [-0.4, -0.2) is 23.8 Å². The first kappa shape index (κ1) is 14.8. The molecule has 4 nitrogen and oxygen atoms in total. The molecule has 1 N–H and O–H groups in total. The number of nitrogens with one attached hydrogen (secondary N) is 1. The first-order valence-electron chi connectivity index (χ1n) is 6.59. The van der Waals surface area contributed by atoms with Crippen molar-refractivity contribution in [3.8, 4) is 0 Å². The summed E-state index contributed by atoms with van der Waals surface area (Å²) in [4.78, 5) is 26.9. The van der Waals surface area contributed by atoms with Crippen molar-refractivity contribution in [2.45, 2.75) is 13.8 Å². The van der Waals surface area contributed by atoms with Crippen LogP contribution in [0.25, 0.3) is 6.08 Å². The Kier molecular flexibility index (Phi) is 4.38. The SMILES string of the molecule is COC(=O)c1c(C)[nH]c(C(=O)/C=C/c2ccccc2)c1C. The Morgan fingerprint density at radius 3 is 2.43 bits per heavy atom. The first-order valence-corrected chi connectivity index (χ1v) is 6.59. The second-order valence-corrected chi connectivity index (χ2v) is 4.72. The highest BCUT2D eigenvalue weighted by Crippen LogP contribution is 2.19. The lowest BCUT2D eigenvalue weighted by Crippen LogP contribution is -2.04. The zero-order valence-corrected chi connectivity index (χ0v) is 12.3.